The second-order valence-corrected chi connectivity index (χ2v) is 5.22. The van der Waals surface area contributed by atoms with Gasteiger partial charge in [0.15, 0.2) is 0 Å². The van der Waals surface area contributed by atoms with Gasteiger partial charge in [-0.1, -0.05) is 16.5 Å². The van der Waals surface area contributed by atoms with Crippen molar-refractivity contribution in [3.63, 3.8) is 0 Å². The van der Waals surface area contributed by atoms with Crippen LogP contribution in [0.15, 0.2) is 4.52 Å². The molecule has 0 aliphatic rings. The minimum Gasteiger partial charge on any atom is -0.361 e. The molecule has 0 fully saturated rings. The van der Waals surface area contributed by atoms with Gasteiger partial charge in [0, 0.05) is 12.1 Å². The molecular weight excluding hydrogens is 293 g/mol. The van der Waals surface area contributed by atoms with Crippen molar-refractivity contribution in [2.45, 2.75) is 32.9 Å². The van der Waals surface area contributed by atoms with Gasteiger partial charge in [-0.05, 0) is 26.7 Å². The molecule has 0 unspecified atom stereocenters. The van der Waals surface area contributed by atoms with Crippen LogP contribution >= 0.6 is 11.3 Å². The molecule has 2 rings (SSSR count). The summed E-state index contributed by atoms with van der Waals surface area (Å²) in [6, 6.07) is 0. The number of rotatable bonds is 5. The summed E-state index contributed by atoms with van der Waals surface area (Å²) >= 11 is 0.505. The predicted molar refractivity (Wildman–Crippen MR) is 67.7 cm³/mol. The molecule has 0 atom stereocenters. The van der Waals surface area contributed by atoms with Gasteiger partial charge in [-0.3, -0.25) is 0 Å². The van der Waals surface area contributed by atoms with Crippen LogP contribution in [0.2, 0.25) is 0 Å². The lowest BCUT2D eigenvalue weighted by Crippen LogP contribution is -2.03. The van der Waals surface area contributed by atoms with Crippen molar-refractivity contribution < 1.29 is 17.7 Å². The molecule has 2 heterocycles. The Kier molecular flexibility index (Phi) is 4.26. The van der Waals surface area contributed by atoms with Crippen molar-refractivity contribution >= 4 is 16.5 Å². The van der Waals surface area contributed by atoms with E-state index in [0.29, 0.717) is 17.9 Å². The van der Waals surface area contributed by atoms with Crippen LogP contribution in [0.4, 0.5) is 18.3 Å². The van der Waals surface area contributed by atoms with Crippen molar-refractivity contribution in [1.82, 2.24) is 15.4 Å². The Bertz CT molecular complexity index is 559. The van der Waals surface area contributed by atoms with Crippen LogP contribution in [-0.2, 0) is 12.6 Å². The summed E-state index contributed by atoms with van der Waals surface area (Å²) in [5, 5.41) is 12.5. The van der Waals surface area contributed by atoms with Crippen LogP contribution in [0.5, 0.6) is 0 Å². The van der Waals surface area contributed by atoms with Crippen molar-refractivity contribution in [3.8, 4) is 0 Å². The largest absolute Gasteiger partial charge is 0.445 e. The lowest BCUT2D eigenvalue weighted by atomic mass is 10.1. The molecule has 0 spiro atoms. The van der Waals surface area contributed by atoms with Crippen LogP contribution in [-0.4, -0.2) is 21.9 Å². The Balaban J connectivity index is 1.81. The highest BCUT2D eigenvalue weighted by molar-refractivity contribution is 7.15. The molecule has 0 saturated heterocycles. The Morgan fingerprint density at radius 2 is 2.00 bits per heavy atom. The molecule has 0 radical (unpaired) electrons. The van der Waals surface area contributed by atoms with Crippen molar-refractivity contribution in [2.75, 3.05) is 11.9 Å². The highest BCUT2D eigenvalue weighted by Crippen LogP contribution is 2.32. The van der Waals surface area contributed by atoms with E-state index in [1.807, 2.05) is 13.8 Å². The molecule has 5 nitrogen and oxygen atoms in total. The molecule has 9 heteroatoms. The van der Waals surface area contributed by atoms with E-state index >= 15 is 0 Å². The van der Waals surface area contributed by atoms with Crippen molar-refractivity contribution in [1.29, 1.82) is 0 Å². The molecule has 0 bridgehead atoms. The van der Waals surface area contributed by atoms with Crippen LogP contribution in [0.1, 0.15) is 28.4 Å². The first-order valence-electron chi connectivity index (χ1n) is 5.94. The second-order valence-electron chi connectivity index (χ2n) is 4.24. The molecule has 0 aromatic carbocycles. The van der Waals surface area contributed by atoms with Crippen molar-refractivity contribution in [3.05, 3.63) is 22.0 Å². The number of halogens is 3. The number of aryl methyl sites for hydroxylation is 2. The fourth-order valence-corrected chi connectivity index (χ4v) is 2.36. The summed E-state index contributed by atoms with van der Waals surface area (Å²) in [6.07, 6.45) is -2.95. The summed E-state index contributed by atoms with van der Waals surface area (Å²) in [7, 11) is 0. The van der Waals surface area contributed by atoms with Gasteiger partial charge in [-0.15, -0.1) is 10.2 Å². The monoisotopic (exact) mass is 306 g/mol. The summed E-state index contributed by atoms with van der Waals surface area (Å²) in [5.74, 6) is 0.776. The lowest BCUT2D eigenvalue weighted by Gasteiger charge is -2.02. The minimum absolute atomic E-state index is 0.177. The molecule has 0 amide bonds. The smallest absolute Gasteiger partial charge is 0.361 e. The third-order valence-electron chi connectivity index (χ3n) is 2.73. The topological polar surface area (TPSA) is 63.8 Å². The maximum absolute atomic E-state index is 12.3. The fraction of sp³-hybridized carbons (Fsp3) is 0.545. The van der Waals surface area contributed by atoms with E-state index in [9.17, 15) is 13.2 Å². The van der Waals surface area contributed by atoms with Gasteiger partial charge in [0.1, 0.15) is 5.76 Å². The molecule has 0 aliphatic heterocycles. The van der Waals surface area contributed by atoms with E-state index in [2.05, 4.69) is 20.7 Å². The average molecular weight is 306 g/mol. The Morgan fingerprint density at radius 3 is 2.55 bits per heavy atom. The lowest BCUT2D eigenvalue weighted by molar-refractivity contribution is -0.138. The number of alkyl halides is 3. The highest BCUT2D eigenvalue weighted by atomic mass is 32.1. The summed E-state index contributed by atoms with van der Waals surface area (Å²) in [5.41, 5.74) is 1.89. The third-order valence-corrected chi connectivity index (χ3v) is 3.65. The van der Waals surface area contributed by atoms with Crippen LogP contribution in [0.25, 0.3) is 0 Å². The first kappa shape index (κ1) is 14.8. The van der Waals surface area contributed by atoms with E-state index in [4.69, 9.17) is 4.52 Å². The molecular formula is C11H13F3N4OS. The normalized spacial score (nSPS) is 11.8. The molecule has 1 N–H and O–H groups in total. The first-order chi connectivity index (χ1) is 9.38. The predicted octanol–water partition coefficient (Wildman–Crippen LogP) is 3.21. The molecule has 2 aromatic rings. The number of nitrogens with one attached hydrogen (secondary N) is 1. The Hall–Kier alpha value is -1.64. The van der Waals surface area contributed by atoms with E-state index < -0.39 is 11.2 Å². The number of hydrogen-bond donors (Lipinski definition) is 1. The van der Waals surface area contributed by atoms with E-state index in [0.717, 1.165) is 29.9 Å². The van der Waals surface area contributed by atoms with E-state index in [1.54, 1.807) is 0 Å². The number of aromatic nitrogens is 3. The maximum atomic E-state index is 12.3. The molecule has 0 aliphatic carbocycles. The van der Waals surface area contributed by atoms with Gasteiger partial charge in [-0.2, -0.15) is 13.2 Å². The van der Waals surface area contributed by atoms with Gasteiger partial charge in [0.05, 0.1) is 5.69 Å². The maximum Gasteiger partial charge on any atom is 0.445 e. The number of anilines is 1. The Labute approximate surface area is 117 Å². The van der Waals surface area contributed by atoms with Gasteiger partial charge < -0.3 is 9.84 Å². The van der Waals surface area contributed by atoms with Gasteiger partial charge in [-0.25, -0.2) is 0 Å². The third kappa shape index (κ3) is 3.47. The highest BCUT2D eigenvalue weighted by Gasteiger charge is 2.35. The van der Waals surface area contributed by atoms with Crippen molar-refractivity contribution in [2.24, 2.45) is 0 Å². The Morgan fingerprint density at radius 1 is 1.25 bits per heavy atom. The number of hydrogen-bond acceptors (Lipinski definition) is 6. The summed E-state index contributed by atoms with van der Waals surface area (Å²) in [4.78, 5) is 0. The zero-order chi connectivity index (χ0) is 14.8. The van der Waals surface area contributed by atoms with Crippen LogP contribution in [0.3, 0.4) is 0 Å². The summed E-state index contributed by atoms with van der Waals surface area (Å²) < 4.78 is 42.0. The van der Waals surface area contributed by atoms with Gasteiger partial charge >= 0.3 is 6.18 Å². The quantitative estimate of drug-likeness (QED) is 0.859. The van der Waals surface area contributed by atoms with Gasteiger partial charge in [0.2, 0.25) is 10.1 Å². The van der Waals surface area contributed by atoms with E-state index in [1.165, 1.54) is 0 Å². The standard InChI is InChI=1S/C11H13F3N4OS/c1-6-8(7(2)19-18-6)4-3-5-15-10-17-16-9(20-10)11(12,13)14/h3-5H2,1-2H3,(H,15,17). The van der Waals surface area contributed by atoms with Gasteiger partial charge in [0.25, 0.3) is 0 Å². The number of nitrogens with zero attached hydrogens (tertiary/aromatic N) is 3. The molecule has 110 valence electrons. The van der Waals surface area contributed by atoms with Crippen LogP contribution < -0.4 is 5.32 Å². The van der Waals surface area contributed by atoms with E-state index in [-0.39, 0.29) is 5.13 Å². The molecule has 0 saturated carbocycles. The zero-order valence-electron chi connectivity index (χ0n) is 10.9. The fourth-order valence-electron chi connectivity index (χ4n) is 1.73. The first-order valence-corrected chi connectivity index (χ1v) is 6.76. The molecule has 2 aromatic heterocycles. The second kappa shape index (κ2) is 5.78. The average Bonchev–Trinajstić information content (AvgIpc) is 2.94. The minimum atomic E-state index is -4.44. The van der Waals surface area contributed by atoms with Crippen LogP contribution in [0, 0.1) is 13.8 Å². The summed E-state index contributed by atoms with van der Waals surface area (Å²) in [6.45, 7) is 4.21. The SMILES string of the molecule is Cc1noc(C)c1CCCNc1nnc(C(F)(F)F)s1. The molecule has 20 heavy (non-hydrogen) atoms. The zero-order valence-corrected chi connectivity index (χ0v) is 11.7.